The van der Waals surface area contributed by atoms with E-state index in [4.69, 9.17) is 18.9 Å². The third-order valence-corrected chi connectivity index (χ3v) is 6.77. The molecule has 0 unspecified atom stereocenters. The fourth-order valence-corrected chi connectivity index (χ4v) is 4.70. The Balaban J connectivity index is 1.53. The first-order valence-electron chi connectivity index (χ1n) is 11.7. The van der Waals surface area contributed by atoms with Crippen LogP contribution in [0.4, 0.5) is 0 Å². The molecule has 0 amide bonds. The molecule has 192 valence electrons. The molecule has 0 spiro atoms. The van der Waals surface area contributed by atoms with Crippen molar-refractivity contribution in [3.8, 4) is 17.3 Å². The number of ether oxygens (including phenoxy) is 2. The molecule has 5 rings (SSSR count). The SMILES string of the molecule is CCOC(=O)[C@H](C)Oc1ccc(C=Nn2c(-c3cc4cc(Br)ccc4o3)nc3ccccc3c2=O)cc1Br. The van der Waals surface area contributed by atoms with E-state index < -0.39 is 12.1 Å². The van der Waals surface area contributed by atoms with E-state index in [9.17, 15) is 9.59 Å². The van der Waals surface area contributed by atoms with Crippen LogP contribution in [0.15, 0.2) is 90.0 Å². The van der Waals surface area contributed by atoms with Crippen molar-refractivity contribution in [1.82, 2.24) is 9.66 Å². The summed E-state index contributed by atoms with van der Waals surface area (Å²) in [6.45, 7) is 3.64. The number of aromatic nitrogens is 2. The zero-order valence-electron chi connectivity index (χ0n) is 20.4. The van der Waals surface area contributed by atoms with E-state index in [0.717, 1.165) is 9.86 Å². The maximum atomic E-state index is 13.5. The zero-order valence-corrected chi connectivity index (χ0v) is 23.5. The van der Waals surface area contributed by atoms with E-state index in [1.54, 1.807) is 56.5 Å². The topological polar surface area (TPSA) is 95.9 Å². The molecular formula is C28H21Br2N3O5. The van der Waals surface area contributed by atoms with Crippen molar-refractivity contribution in [2.75, 3.05) is 6.61 Å². The molecule has 0 aliphatic heterocycles. The van der Waals surface area contributed by atoms with Crippen LogP contribution >= 0.6 is 31.9 Å². The highest BCUT2D eigenvalue weighted by Gasteiger charge is 2.18. The Hall–Kier alpha value is -3.76. The molecule has 0 aliphatic carbocycles. The van der Waals surface area contributed by atoms with Gasteiger partial charge in [-0.3, -0.25) is 4.79 Å². The maximum Gasteiger partial charge on any atom is 0.347 e. The van der Waals surface area contributed by atoms with Crippen LogP contribution in [-0.2, 0) is 9.53 Å². The number of furan rings is 1. The van der Waals surface area contributed by atoms with Gasteiger partial charge in [-0.15, -0.1) is 0 Å². The van der Waals surface area contributed by atoms with Gasteiger partial charge in [-0.1, -0.05) is 28.1 Å². The largest absolute Gasteiger partial charge is 0.478 e. The molecule has 0 bridgehead atoms. The average Bonchev–Trinajstić information content (AvgIpc) is 3.32. The Labute approximate surface area is 234 Å². The summed E-state index contributed by atoms with van der Waals surface area (Å²) in [5, 5.41) is 5.79. The molecule has 2 heterocycles. The molecule has 0 N–H and O–H groups in total. The monoisotopic (exact) mass is 637 g/mol. The second-order valence-electron chi connectivity index (χ2n) is 8.31. The Morgan fingerprint density at radius 2 is 1.95 bits per heavy atom. The first kappa shape index (κ1) is 25.9. The van der Waals surface area contributed by atoms with Gasteiger partial charge in [0.1, 0.15) is 11.3 Å². The van der Waals surface area contributed by atoms with Crippen LogP contribution in [0.3, 0.4) is 0 Å². The average molecular weight is 639 g/mol. The predicted molar refractivity (Wildman–Crippen MR) is 153 cm³/mol. The number of nitrogens with zero attached hydrogens (tertiary/aromatic N) is 3. The van der Waals surface area contributed by atoms with Gasteiger partial charge in [0.2, 0.25) is 5.82 Å². The lowest BCUT2D eigenvalue weighted by atomic mass is 10.2. The first-order valence-corrected chi connectivity index (χ1v) is 13.3. The molecule has 0 saturated carbocycles. The van der Waals surface area contributed by atoms with Gasteiger partial charge in [-0.25, -0.2) is 9.78 Å². The highest BCUT2D eigenvalue weighted by molar-refractivity contribution is 9.10. The fourth-order valence-electron chi connectivity index (χ4n) is 3.83. The lowest BCUT2D eigenvalue weighted by Crippen LogP contribution is -2.26. The molecule has 3 aromatic carbocycles. The summed E-state index contributed by atoms with van der Waals surface area (Å²) in [4.78, 5) is 30.1. The van der Waals surface area contributed by atoms with E-state index >= 15 is 0 Å². The van der Waals surface area contributed by atoms with E-state index in [1.165, 1.54) is 4.68 Å². The van der Waals surface area contributed by atoms with Gasteiger partial charge in [0, 0.05) is 9.86 Å². The van der Waals surface area contributed by atoms with Crippen molar-refractivity contribution in [1.29, 1.82) is 0 Å². The van der Waals surface area contributed by atoms with Crippen LogP contribution in [0.1, 0.15) is 19.4 Å². The number of para-hydroxylation sites is 1. The number of fused-ring (bicyclic) bond motifs is 2. The number of hydrogen-bond acceptors (Lipinski definition) is 7. The number of carbonyl (C=O) groups is 1. The van der Waals surface area contributed by atoms with Crippen molar-refractivity contribution in [2.24, 2.45) is 5.10 Å². The molecule has 8 nitrogen and oxygen atoms in total. The molecular weight excluding hydrogens is 618 g/mol. The molecule has 2 aromatic heterocycles. The van der Waals surface area contributed by atoms with Gasteiger partial charge in [-0.05, 0) is 89.9 Å². The minimum Gasteiger partial charge on any atom is -0.478 e. The van der Waals surface area contributed by atoms with Gasteiger partial charge in [0.25, 0.3) is 5.56 Å². The lowest BCUT2D eigenvalue weighted by molar-refractivity contribution is -0.150. The summed E-state index contributed by atoms with van der Waals surface area (Å²) in [5.74, 6) is 0.718. The summed E-state index contributed by atoms with van der Waals surface area (Å²) in [6.07, 6.45) is 0.782. The van der Waals surface area contributed by atoms with Crippen LogP contribution in [0, 0.1) is 0 Å². The number of rotatable bonds is 7. The highest BCUT2D eigenvalue weighted by Crippen LogP contribution is 2.30. The Bertz CT molecular complexity index is 1760. The highest BCUT2D eigenvalue weighted by atomic mass is 79.9. The summed E-state index contributed by atoms with van der Waals surface area (Å²) < 4.78 is 19.5. The van der Waals surface area contributed by atoms with Gasteiger partial charge >= 0.3 is 5.97 Å². The second kappa shape index (κ2) is 10.9. The molecule has 1 atom stereocenters. The number of esters is 1. The summed E-state index contributed by atoms with van der Waals surface area (Å²) in [6, 6.07) is 19.8. The van der Waals surface area contributed by atoms with E-state index in [2.05, 4.69) is 37.0 Å². The minimum atomic E-state index is -0.764. The van der Waals surface area contributed by atoms with E-state index in [1.807, 2.05) is 30.3 Å². The van der Waals surface area contributed by atoms with Crippen molar-refractivity contribution in [3.63, 3.8) is 0 Å². The molecule has 38 heavy (non-hydrogen) atoms. The van der Waals surface area contributed by atoms with Gasteiger partial charge in [0.05, 0.1) is 28.2 Å². The van der Waals surface area contributed by atoms with Crippen molar-refractivity contribution >= 4 is 65.9 Å². The Morgan fingerprint density at radius 1 is 1.13 bits per heavy atom. The molecule has 0 radical (unpaired) electrons. The van der Waals surface area contributed by atoms with Crippen molar-refractivity contribution in [2.45, 2.75) is 20.0 Å². The standard InChI is InChI=1S/C28H21Br2N3O5/c1-3-36-28(35)16(2)37-24-10-8-17(12-21(24)30)15-31-33-26(32-22-7-5-4-6-20(22)27(33)34)25-14-18-13-19(29)9-11-23(18)38-25/h4-16H,3H2,1-2H3/t16-/m0/s1. The number of hydrogen-bond donors (Lipinski definition) is 0. The fraction of sp³-hybridized carbons (Fsp3) is 0.143. The van der Waals surface area contributed by atoms with E-state index in [0.29, 0.717) is 38.0 Å². The van der Waals surface area contributed by atoms with Crippen LogP contribution < -0.4 is 10.3 Å². The molecule has 0 saturated heterocycles. The summed E-state index contributed by atoms with van der Waals surface area (Å²) in [5.41, 5.74) is 1.57. The third kappa shape index (κ3) is 5.27. The third-order valence-electron chi connectivity index (χ3n) is 5.65. The number of benzene rings is 3. The predicted octanol–water partition coefficient (Wildman–Crippen LogP) is 6.55. The van der Waals surface area contributed by atoms with Crippen molar-refractivity contribution < 1.29 is 18.7 Å². The van der Waals surface area contributed by atoms with Crippen LogP contribution in [-0.4, -0.2) is 34.6 Å². The molecule has 10 heteroatoms. The van der Waals surface area contributed by atoms with Gasteiger partial charge < -0.3 is 13.9 Å². The summed E-state index contributed by atoms with van der Waals surface area (Å²) >= 11 is 6.95. The minimum absolute atomic E-state index is 0.277. The van der Waals surface area contributed by atoms with Crippen LogP contribution in [0.5, 0.6) is 5.75 Å². The first-order chi connectivity index (χ1) is 18.3. The number of carbonyl (C=O) groups excluding carboxylic acids is 1. The van der Waals surface area contributed by atoms with E-state index in [-0.39, 0.29) is 18.0 Å². The quantitative estimate of drug-likeness (QED) is 0.148. The molecule has 5 aromatic rings. The number of halogens is 2. The second-order valence-corrected chi connectivity index (χ2v) is 10.1. The zero-order chi connectivity index (χ0) is 26.8. The normalized spacial score (nSPS) is 12.3. The molecule has 0 fully saturated rings. The van der Waals surface area contributed by atoms with Crippen LogP contribution in [0.2, 0.25) is 0 Å². The summed E-state index contributed by atoms with van der Waals surface area (Å²) in [7, 11) is 0. The van der Waals surface area contributed by atoms with Gasteiger partial charge in [-0.2, -0.15) is 9.78 Å². The maximum absolute atomic E-state index is 13.5. The van der Waals surface area contributed by atoms with Gasteiger partial charge in [0.15, 0.2) is 11.9 Å². The lowest BCUT2D eigenvalue weighted by Gasteiger charge is -2.14. The smallest absolute Gasteiger partial charge is 0.347 e. The Kier molecular flexibility index (Phi) is 7.44. The molecule has 0 aliphatic rings. The van der Waals surface area contributed by atoms with Crippen LogP contribution in [0.25, 0.3) is 33.5 Å². The Morgan fingerprint density at radius 3 is 2.74 bits per heavy atom. The van der Waals surface area contributed by atoms with Crippen molar-refractivity contribution in [3.05, 3.63) is 91.6 Å².